The van der Waals surface area contributed by atoms with Gasteiger partial charge >= 0.3 is 0 Å². The van der Waals surface area contributed by atoms with Crippen molar-refractivity contribution in [3.8, 4) is 17.6 Å². The average molecular weight is 431 g/mol. The standard InChI is InChI=1S/C17H13Cl2N3O4S/c18-12-6-13(19)8-14(7-12)26-15-2-1-11(9-20)5-16(15)27(24,25)22-4-3-21-17(23)10-22/h1-2,5-8H,3-4,10H2,(H,21,23)/i2D,5D,6D,7D,8D. The van der Waals surface area contributed by atoms with Gasteiger partial charge in [-0.3, -0.25) is 4.79 Å². The van der Waals surface area contributed by atoms with E-state index in [1.807, 2.05) is 0 Å². The highest BCUT2D eigenvalue weighted by Crippen LogP contribution is 2.34. The van der Waals surface area contributed by atoms with Crippen molar-refractivity contribution in [2.45, 2.75) is 4.90 Å². The van der Waals surface area contributed by atoms with Crippen LogP contribution in [-0.4, -0.2) is 38.3 Å². The van der Waals surface area contributed by atoms with Crippen LogP contribution in [0.3, 0.4) is 0 Å². The minimum atomic E-state index is -4.62. The fourth-order valence-electron chi connectivity index (χ4n) is 2.23. The van der Waals surface area contributed by atoms with E-state index < -0.39 is 84.7 Å². The zero-order valence-corrected chi connectivity index (χ0v) is 15.7. The van der Waals surface area contributed by atoms with Crippen LogP contribution in [0.1, 0.15) is 12.4 Å². The Kier molecular flexibility index (Phi) is 3.96. The van der Waals surface area contributed by atoms with Crippen LogP contribution in [-0.2, 0) is 14.8 Å². The molecule has 1 fully saturated rings. The Morgan fingerprint density at radius 2 is 1.96 bits per heavy atom. The maximum atomic E-state index is 13.3. The highest BCUT2D eigenvalue weighted by molar-refractivity contribution is 7.89. The number of carbonyl (C=O) groups excluding carboxylic acids is 1. The molecule has 0 spiro atoms. The minimum absolute atomic E-state index is 0.0111. The van der Waals surface area contributed by atoms with Crippen molar-refractivity contribution < 1.29 is 24.8 Å². The summed E-state index contributed by atoms with van der Waals surface area (Å²) in [5, 5.41) is 10.8. The second kappa shape index (κ2) is 7.74. The summed E-state index contributed by atoms with van der Waals surface area (Å²) >= 11 is 11.8. The third-order valence-corrected chi connectivity index (χ3v) is 5.57. The second-order valence-corrected chi connectivity index (χ2v) is 7.85. The van der Waals surface area contributed by atoms with Gasteiger partial charge in [0.05, 0.1) is 25.0 Å². The van der Waals surface area contributed by atoms with Crippen LogP contribution in [0.2, 0.25) is 10.0 Å². The molecule has 27 heavy (non-hydrogen) atoms. The molecule has 1 amide bonds. The van der Waals surface area contributed by atoms with Crippen LogP contribution in [0.25, 0.3) is 0 Å². The number of carbonyl (C=O) groups is 1. The van der Waals surface area contributed by atoms with Gasteiger partial charge < -0.3 is 10.1 Å². The van der Waals surface area contributed by atoms with E-state index in [-0.39, 0.29) is 13.1 Å². The Balaban J connectivity index is 2.29. The van der Waals surface area contributed by atoms with E-state index in [0.717, 1.165) is 10.4 Å². The van der Waals surface area contributed by atoms with Crippen LogP contribution < -0.4 is 10.1 Å². The number of piperazine rings is 1. The Morgan fingerprint density at radius 1 is 1.26 bits per heavy atom. The van der Waals surface area contributed by atoms with Gasteiger partial charge in [0.25, 0.3) is 0 Å². The molecule has 1 saturated heterocycles. The second-order valence-electron chi connectivity index (χ2n) is 5.22. The van der Waals surface area contributed by atoms with Crippen molar-refractivity contribution >= 4 is 39.1 Å². The van der Waals surface area contributed by atoms with Gasteiger partial charge in [-0.05, 0) is 36.3 Å². The summed E-state index contributed by atoms with van der Waals surface area (Å²) in [6, 6.07) is -0.682. The summed E-state index contributed by atoms with van der Waals surface area (Å²) < 4.78 is 73.1. The number of hydrogen-bond donors (Lipinski definition) is 1. The Hall–Kier alpha value is -2.31. The summed E-state index contributed by atoms with van der Waals surface area (Å²) in [5.41, 5.74) is -0.433. The summed E-state index contributed by atoms with van der Waals surface area (Å²) in [6.45, 7) is -0.670. The molecule has 7 nitrogen and oxygen atoms in total. The van der Waals surface area contributed by atoms with Gasteiger partial charge in [-0.1, -0.05) is 23.2 Å². The van der Waals surface area contributed by atoms with Gasteiger partial charge in [-0.25, -0.2) is 8.42 Å². The Labute approximate surface area is 173 Å². The van der Waals surface area contributed by atoms with E-state index in [9.17, 15) is 18.5 Å². The molecule has 1 N–H and O–H groups in total. The van der Waals surface area contributed by atoms with Crippen molar-refractivity contribution in [3.63, 3.8) is 0 Å². The third kappa shape index (κ3) is 4.34. The van der Waals surface area contributed by atoms with E-state index in [2.05, 4.69) is 5.32 Å². The summed E-state index contributed by atoms with van der Waals surface area (Å²) in [5.74, 6) is -1.96. The molecule has 0 atom stereocenters. The van der Waals surface area contributed by atoms with Crippen LogP contribution in [0.15, 0.2) is 41.2 Å². The van der Waals surface area contributed by atoms with E-state index in [4.69, 9.17) is 34.8 Å². The molecule has 2 aromatic carbocycles. The molecule has 1 heterocycles. The molecule has 10 heteroatoms. The molecule has 0 radical (unpaired) electrons. The lowest BCUT2D eigenvalue weighted by atomic mass is 10.2. The first kappa shape index (κ1) is 13.8. The van der Waals surface area contributed by atoms with E-state index in [0.29, 0.717) is 0 Å². The third-order valence-electron chi connectivity index (χ3n) is 3.39. The van der Waals surface area contributed by atoms with Gasteiger partial charge in [-0.2, -0.15) is 9.57 Å². The fourth-order valence-corrected chi connectivity index (χ4v) is 4.09. The molecule has 0 bridgehead atoms. The lowest BCUT2D eigenvalue weighted by Gasteiger charge is -2.26. The number of ether oxygens (including phenoxy) is 1. The van der Waals surface area contributed by atoms with Crippen molar-refractivity contribution in [1.82, 2.24) is 9.62 Å². The molecule has 1 aliphatic rings. The van der Waals surface area contributed by atoms with Crippen molar-refractivity contribution in [2.24, 2.45) is 0 Å². The minimum Gasteiger partial charge on any atom is -0.456 e. The molecule has 0 aromatic heterocycles. The molecular weight excluding hydrogens is 413 g/mol. The summed E-state index contributed by atoms with van der Waals surface area (Å²) in [6.07, 6.45) is 0. The van der Waals surface area contributed by atoms with E-state index in [1.54, 1.807) is 6.07 Å². The number of rotatable bonds is 4. The van der Waals surface area contributed by atoms with Crippen molar-refractivity contribution in [3.05, 3.63) is 51.9 Å². The van der Waals surface area contributed by atoms with E-state index in [1.165, 1.54) is 0 Å². The van der Waals surface area contributed by atoms with Gasteiger partial charge in [0.1, 0.15) is 16.4 Å². The number of nitriles is 1. The normalized spacial score (nSPS) is 17.7. The Bertz CT molecular complexity index is 1270. The maximum Gasteiger partial charge on any atom is 0.247 e. The molecule has 0 saturated carbocycles. The molecule has 1 aliphatic heterocycles. The largest absolute Gasteiger partial charge is 0.456 e. The van der Waals surface area contributed by atoms with Gasteiger partial charge in [0, 0.05) is 23.1 Å². The first-order valence-electron chi connectivity index (χ1n) is 9.85. The predicted octanol–water partition coefficient (Wildman–Crippen LogP) is 2.78. The summed E-state index contributed by atoms with van der Waals surface area (Å²) in [7, 11) is -4.62. The zero-order chi connectivity index (χ0) is 24.0. The summed E-state index contributed by atoms with van der Waals surface area (Å²) in [4.78, 5) is 10.8. The van der Waals surface area contributed by atoms with Crippen LogP contribution in [0, 0.1) is 11.3 Å². The number of benzene rings is 2. The first-order valence-corrected chi connectivity index (χ1v) is 9.55. The highest BCUT2D eigenvalue weighted by atomic mass is 35.5. The molecular formula is C17H13Cl2N3O4S. The molecule has 140 valence electrons. The number of nitrogens with zero attached hydrogens (tertiary/aromatic N) is 2. The van der Waals surface area contributed by atoms with E-state index >= 15 is 0 Å². The zero-order valence-electron chi connectivity index (χ0n) is 18.4. The van der Waals surface area contributed by atoms with Gasteiger partial charge in [-0.15, -0.1) is 0 Å². The van der Waals surface area contributed by atoms with Crippen molar-refractivity contribution in [1.29, 1.82) is 5.26 Å². The average Bonchev–Trinajstić information content (AvgIpc) is 2.75. The van der Waals surface area contributed by atoms with Gasteiger partial charge in [0.15, 0.2) is 0 Å². The quantitative estimate of drug-likeness (QED) is 0.803. The first-order chi connectivity index (χ1) is 14.9. The predicted molar refractivity (Wildman–Crippen MR) is 99.5 cm³/mol. The topological polar surface area (TPSA) is 99.5 Å². The maximum absolute atomic E-state index is 13.3. The molecule has 3 rings (SSSR count). The number of nitrogens with one attached hydrogen (secondary N) is 1. The SMILES string of the molecule is [2H]c1cc(C#N)c([2H])c(S(=O)(=O)N2CCNC(=O)C2)c1Oc1c([2H])c(Cl)c([2H])c(Cl)c1[2H]. The van der Waals surface area contributed by atoms with Crippen LogP contribution >= 0.6 is 23.2 Å². The van der Waals surface area contributed by atoms with Crippen LogP contribution in [0.4, 0.5) is 0 Å². The Morgan fingerprint density at radius 3 is 2.59 bits per heavy atom. The lowest BCUT2D eigenvalue weighted by Crippen LogP contribution is -2.49. The fraction of sp³-hybridized carbons (Fsp3) is 0.176. The molecule has 2 aromatic rings. The number of hydrogen-bond acceptors (Lipinski definition) is 5. The number of halogens is 2. The molecule has 0 unspecified atom stereocenters. The number of amides is 1. The van der Waals surface area contributed by atoms with Crippen molar-refractivity contribution in [2.75, 3.05) is 19.6 Å². The van der Waals surface area contributed by atoms with Gasteiger partial charge in [0.2, 0.25) is 15.9 Å². The molecule has 0 aliphatic carbocycles. The monoisotopic (exact) mass is 430 g/mol. The highest BCUT2D eigenvalue weighted by Gasteiger charge is 2.32. The van der Waals surface area contributed by atoms with Crippen LogP contribution in [0.5, 0.6) is 11.5 Å². The smallest absolute Gasteiger partial charge is 0.247 e. The number of sulfonamides is 1. The lowest BCUT2D eigenvalue weighted by molar-refractivity contribution is -0.122.